The molecule has 3 rings (SSSR count). The second kappa shape index (κ2) is 5.57. The smallest absolute Gasteiger partial charge is 0.0738 e. The second-order valence-electron chi connectivity index (χ2n) is 4.87. The van der Waals surface area contributed by atoms with E-state index in [1.807, 2.05) is 24.3 Å². The van der Waals surface area contributed by atoms with Crippen molar-refractivity contribution in [3.8, 4) is 0 Å². The average Bonchev–Trinajstić information content (AvgIpc) is 2.45. The molecule has 1 N–H and O–H groups in total. The molecule has 0 radical (unpaired) electrons. The zero-order valence-electron chi connectivity index (χ0n) is 10.7. The molecule has 1 heterocycles. The molecule has 0 spiro atoms. The fourth-order valence-corrected chi connectivity index (χ4v) is 2.60. The summed E-state index contributed by atoms with van der Waals surface area (Å²) >= 11 is 5.98. The van der Waals surface area contributed by atoms with Gasteiger partial charge in [-0.1, -0.05) is 18.0 Å². The van der Waals surface area contributed by atoms with Crippen molar-refractivity contribution < 1.29 is 0 Å². The Hall–Kier alpha value is -1.61. The number of nitrogens with one attached hydrogen (secondary N) is 1. The van der Waals surface area contributed by atoms with Crippen LogP contribution in [0.25, 0.3) is 10.9 Å². The fourth-order valence-electron chi connectivity index (χ4n) is 2.43. The molecule has 2 aromatic rings. The average molecular weight is 274 g/mol. The maximum Gasteiger partial charge on any atom is 0.0738 e. The first-order valence-corrected chi connectivity index (χ1v) is 7.06. The highest BCUT2D eigenvalue weighted by atomic mass is 35.5. The second-order valence-corrected chi connectivity index (χ2v) is 5.31. The van der Waals surface area contributed by atoms with Gasteiger partial charge < -0.3 is 0 Å². The normalized spacial score (nSPS) is 15.5. The van der Waals surface area contributed by atoms with Gasteiger partial charge >= 0.3 is 0 Å². The number of rotatable bonds is 2. The van der Waals surface area contributed by atoms with Gasteiger partial charge in [-0.25, -0.2) is 0 Å². The lowest BCUT2D eigenvalue weighted by Gasteiger charge is -2.13. The Morgan fingerprint density at radius 1 is 1.11 bits per heavy atom. The molecule has 19 heavy (non-hydrogen) atoms. The monoisotopic (exact) mass is 273 g/mol. The molecule has 1 aliphatic rings. The third-order valence-electron chi connectivity index (χ3n) is 3.47. The van der Waals surface area contributed by atoms with Crippen LogP contribution in [0.4, 0.5) is 5.69 Å². The highest BCUT2D eigenvalue weighted by Gasteiger charge is 2.07. The minimum Gasteiger partial charge on any atom is -0.278 e. The molecule has 0 amide bonds. The SMILES string of the molecule is Clc1ccc2c(NN=C3CCCCC3)ccnc2c1. The molecule has 0 atom stereocenters. The Morgan fingerprint density at radius 2 is 1.95 bits per heavy atom. The number of halogens is 1. The van der Waals surface area contributed by atoms with Crippen molar-refractivity contribution in [1.29, 1.82) is 0 Å². The summed E-state index contributed by atoms with van der Waals surface area (Å²) in [5.74, 6) is 0. The molecule has 98 valence electrons. The van der Waals surface area contributed by atoms with Crippen LogP contribution in [-0.2, 0) is 0 Å². The molecule has 1 fully saturated rings. The summed E-state index contributed by atoms with van der Waals surface area (Å²) in [5, 5.41) is 6.28. The van der Waals surface area contributed by atoms with E-state index in [9.17, 15) is 0 Å². The number of benzene rings is 1. The molecule has 1 aliphatic carbocycles. The third-order valence-corrected chi connectivity index (χ3v) is 3.71. The van der Waals surface area contributed by atoms with Crippen LogP contribution in [0.3, 0.4) is 0 Å². The summed E-state index contributed by atoms with van der Waals surface area (Å²) in [5.41, 5.74) is 6.33. The van der Waals surface area contributed by atoms with Gasteiger partial charge in [-0.15, -0.1) is 0 Å². The van der Waals surface area contributed by atoms with Crippen molar-refractivity contribution in [1.82, 2.24) is 4.98 Å². The first-order valence-electron chi connectivity index (χ1n) is 6.69. The Balaban J connectivity index is 1.88. The van der Waals surface area contributed by atoms with E-state index in [1.54, 1.807) is 6.20 Å². The zero-order chi connectivity index (χ0) is 13.1. The molecule has 1 aromatic carbocycles. The van der Waals surface area contributed by atoms with Gasteiger partial charge in [0.25, 0.3) is 0 Å². The summed E-state index contributed by atoms with van der Waals surface area (Å²) in [4.78, 5) is 4.32. The van der Waals surface area contributed by atoms with E-state index in [0.29, 0.717) is 5.02 Å². The highest BCUT2D eigenvalue weighted by Crippen LogP contribution is 2.24. The van der Waals surface area contributed by atoms with Crippen molar-refractivity contribution in [2.45, 2.75) is 32.1 Å². The third kappa shape index (κ3) is 2.87. The lowest BCUT2D eigenvalue weighted by atomic mass is 9.99. The maximum absolute atomic E-state index is 5.98. The van der Waals surface area contributed by atoms with E-state index in [2.05, 4.69) is 15.5 Å². The van der Waals surface area contributed by atoms with Crippen LogP contribution in [0.2, 0.25) is 5.02 Å². The van der Waals surface area contributed by atoms with Gasteiger partial charge in [0.15, 0.2) is 0 Å². The van der Waals surface area contributed by atoms with Crippen LogP contribution >= 0.6 is 11.6 Å². The molecular formula is C15H16ClN3. The Morgan fingerprint density at radius 3 is 2.79 bits per heavy atom. The number of aromatic nitrogens is 1. The van der Waals surface area contributed by atoms with Crippen LogP contribution < -0.4 is 5.43 Å². The van der Waals surface area contributed by atoms with Crippen LogP contribution in [-0.4, -0.2) is 10.7 Å². The van der Waals surface area contributed by atoms with Crippen molar-refractivity contribution >= 4 is 33.9 Å². The summed E-state index contributed by atoms with van der Waals surface area (Å²) in [6.45, 7) is 0. The standard InChI is InChI=1S/C15H16ClN3/c16-11-6-7-13-14(8-9-17-15(13)10-11)19-18-12-4-2-1-3-5-12/h6-10H,1-5H2,(H,17,19). The van der Waals surface area contributed by atoms with E-state index in [4.69, 9.17) is 11.6 Å². The number of hydrazone groups is 1. The van der Waals surface area contributed by atoms with E-state index >= 15 is 0 Å². The Kier molecular flexibility index (Phi) is 3.65. The summed E-state index contributed by atoms with van der Waals surface area (Å²) in [6.07, 6.45) is 7.85. The first kappa shape index (κ1) is 12.4. The molecule has 0 aliphatic heterocycles. The van der Waals surface area contributed by atoms with Gasteiger partial charge in [0.1, 0.15) is 0 Å². The number of nitrogens with zero attached hydrogens (tertiary/aromatic N) is 2. The molecule has 0 unspecified atom stereocenters. The molecular weight excluding hydrogens is 258 g/mol. The van der Waals surface area contributed by atoms with E-state index in [-0.39, 0.29) is 0 Å². The van der Waals surface area contributed by atoms with Crippen LogP contribution in [0, 0.1) is 0 Å². The topological polar surface area (TPSA) is 37.3 Å². The predicted molar refractivity (Wildman–Crippen MR) is 80.9 cm³/mol. The van der Waals surface area contributed by atoms with Gasteiger partial charge in [0.05, 0.1) is 11.2 Å². The number of pyridine rings is 1. The molecule has 0 saturated heterocycles. The lowest BCUT2D eigenvalue weighted by Crippen LogP contribution is -2.07. The Labute approximate surface area is 117 Å². The summed E-state index contributed by atoms with van der Waals surface area (Å²) in [7, 11) is 0. The lowest BCUT2D eigenvalue weighted by molar-refractivity contribution is 0.665. The largest absolute Gasteiger partial charge is 0.278 e. The van der Waals surface area contributed by atoms with Crippen LogP contribution in [0.5, 0.6) is 0 Å². The molecule has 1 aromatic heterocycles. The highest BCUT2D eigenvalue weighted by molar-refractivity contribution is 6.31. The van der Waals surface area contributed by atoms with Crippen molar-refractivity contribution in [3.63, 3.8) is 0 Å². The Bertz CT molecular complexity index is 614. The number of hydrogen-bond acceptors (Lipinski definition) is 3. The molecule has 4 heteroatoms. The van der Waals surface area contributed by atoms with E-state index < -0.39 is 0 Å². The van der Waals surface area contributed by atoms with Gasteiger partial charge in [0.2, 0.25) is 0 Å². The van der Waals surface area contributed by atoms with Crippen LogP contribution in [0.15, 0.2) is 35.6 Å². The first-order chi connectivity index (χ1) is 9.33. The fraction of sp³-hybridized carbons (Fsp3) is 0.333. The van der Waals surface area contributed by atoms with Gasteiger partial charge in [0, 0.05) is 22.3 Å². The van der Waals surface area contributed by atoms with Gasteiger partial charge in [-0.3, -0.25) is 10.4 Å². The van der Waals surface area contributed by atoms with E-state index in [1.165, 1.54) is 25.0 Å². The summed E-state index contributed by atoms with van der Waals surface area (Å²) < 4.78 is 0. The number of anilines is 1. The quantitative estimate of drug-likeness (QED) is 0.811. The zero-order valence-corrected chi connectivity index (χ0v) is 11.5. The van der Waals surface area contributed by atoms with Gasteiger partial charge in [-0.2, -0.15) is 5.10 Å². The summed E-state index contributed by atoms with van der Waals surface area (Å²) in [6, 6.07) is 7.68. The van der Waals surface area contributed by atoms with Crippen molar-refractivity contribution in [3.05, 3.63) is 35.5 Å². The number of hydrogen-bond donors (Lipinski definition) is 1. The molecule has 0 bridgehead atoms. The molecule has 1 saturated carbocycles. The van der Waals surface area contributed by atoms with Crippen molar-refractivity contribution in [2.24, 2.45) is 5.10 Å². The number of fused-ring (bicyclic) bond motifs is 1. The van der Waals surface area contributed by atoms with E-state index in [0.717, 1.165) is 29.4 Å². The van der Waals surface area contributed by atoms with Gasteiger partial charge in [-0.05, 0) is 49.9 Å². The van der Waals surface area contributed by atoms with Crippen LogP contribution in [0.1, 0.15) is 32.1 Å². The maximum atomic E-state index is 5.98. The van der Waals surface area contributed by atoms with Crippen molar-refractivity contribution in [2.75, 3.05) is 5.43 Å². The molecule has 3 nitrogen and oxygen atoms in total. The minimum absolute atomic E-state index is 0.704. The predicted octanol–water partition coefficient (Wildman–Crippen LogP) is 4.62. The minimum atomic E-state index is 0.704.